The van der Waals surface area contributed by atoms with Gasteiger partial charge in [-0.1, -0.05) is 0 Å². The molecule has 5 nitrogen and oxygen atoms in total. The van der Waals surface area contributed by atoms with Gasteiger partial charge in [-0.15, -0.1) is 10.2 Å². The van der Waals surface area contributed by atoms with Gasteiger partial charge in [-0.3, -0.25) is 0 Å². The molecule has 154 valence electrons. The van der Waals surface area contributed by atoms with E-state index < -0.39 is 17.5 Å². The molecule has 29 heavy (non-hydrogen) atoms. The Balaban J connectivity index is 1.46. The summed E-state index contributed by atoms with van der Waals surface area (Å²) in [4.78, 5) is 2.34. The number of rotatable bonds is 2. The number of aromatic nitrogens is 2. The summed E-state index contributed by atoms with van der Waals surface area (Å²) >= 11 is 0. The van der Waals surface area contributed by atoms with Gasteiger partial charge in [0.15, 0.2) is 5.82 Å². The summed E-state index contributed by atoms with van der Waals surface area (Å²) < 4.78 is 39.0. The zero-order chi connectivity index (χ0) is 20.3. The molecule has 0 amide bonds. The van der Waals surface area contributed by atoms with Crippen molar-refractivity contribution < 1.29 is 18.3 Å². The van der Waals surface area contributed by atoms with E-state index in [0.29, 0.717) is 34.9 Å². The van der Waals surface area contributed by atoms with Crippen LogP contribution in [0.15, 0.2) is 18.2 Å². The number of phenols is 1. The highest BCUT2D eigenvalue weighted by molar-refractivity contribution is 5.73. The van der Waals surface area contributed by atoms with E-state index in [4.69, 9.17) is 0 Å². The third-order valence-electron chi connectivity index (χ3n) is 6.59. The average molecular weight is 404 g/mol. The summed E-state index contributed by atoms with van der Waals surface area (Å²) in [5.74, 6) is 0.449. The molecule has 3 aliphatic heterocycles. The van der Waals surface area contributed by atoms with Crippen molar-refractivity contribution >= 4 is 5.82 Å². The fraction of sp³-hybridized carbons (Fsp3) is 0.524. The first kappa shape index (κ1) is 18.7. The van der Waals surface area contributed by atoms with E-state index in [1.165, 1.54) is 19.3 Å². The molecule has 2 aromatic rings. The van der Waals surface area contributed by atoms with Crippen LogP contribution >= 0.6 is 0 Å². The molecule has 2 N–H and O–H groups in total. The fourth-order valence-corrected chi connectivity index (χ4v) is 5.23. The van der Waals surface area contributed by atoms with Gasteiger partial charge in [0.05, 0.1) is 11.3 Å². The Morgan fingerprint density at radius 3 is 2.66 bits per heavy atom. The van der Waals surface area contributed by atoms with Gasteiger partial charge in [-0.05, 0) is 62.8 Å². The number of phenolic OH excluding ortho intramolecular Hbond substituents is 1. The van der Waals surface area contributed by atoms with Crippen LogP contribution in [0, 0.1) is 6.92 Å². The first-order valence-corrected chi connectivity index (χ1v) is 10.1. The van der Waals surface area contributed by atoms with Gasteiger partial charge >= 0.3 is 6.18 Å². The SMILES string of the molecule is Cc1cc(C(F)(F)F)cc(O)c1-c1cc2c(nn1)N([C@H]1CC[C@H]3CC[C@@H]1N3)CC2. The van der Waals surface area contributed by atoms with Crippen molar-refractivity contribution in [1.82, 2.24) is 15.5 Å². The Labute approximate surface area is 166 Å². The van der Waals surface area contributed by atoms with Gasteiger partial charge < -0.3 is 15.3 Å². The topological polar surface area (TPSA) is 61.3 Å². The van der Waals surface area contributed by atoms with E-state index in [1.807, 2.05) is 6.07 Å². The number of aromatic hydroxyl groups is 1. The number of hydrogen-bond donors (Lipinski definition) is 2. The molecule has 2 bridgehead atoms. The Morgan fingerprint density at radius 1 is 1.10 bits per heavy atom. The van der Waals surface area contributed by atoms with E-state index in [2.05, 4.69) is 20.4 Å². The quantitative estimate of drug-likeness (QED) is 0.797. The maximum atomic E-state index is 13.0. The molecular weight excluding hydrogens is 381 g/mol. The summed E-state index contributed by atoms with van der Waals surface area (Å²) in [6, 6.07) is 5.22. The highest BCUT2D eigenvalue weighted by Gasteiger charge is 2.40. The Hall–Kier alpha value is -2.35. The predicted octanol–water partition coefficient (Wildman–Crippen LogP) is 3.82. The lowest BCUT2D eigenvalue weighted by molar-refractivity contribution is -0.137. The molecule has 3 atom stereocenters. The second kappa shape index (κ2) is 6.58. The molecular formula is C21H23F3N4O. The number of nitrogens with one attached hydrogen (secondary N) is 1. The van der Waals surface area contributed by atoms with Crippen LogP contribution in [0.5, 0.6) is 5.75 Å². The zero-order valence-electron chi connectivity index (χ0n) is 16.1. The Morgan fingerprint density at radius 2 is 1.90 bits per heavy atom. The number of benzene rings is 1. The molecule has 0 aliphatic carbocycles. The largest absolute Gasteiger partial charge is 0.507 e. The van der Waals surface area contributed by atoms with Crippen molar-refractivity contribution in [3.8, 4) is 17.0 Å². The summed E-state index contributed by atoms with van der Waals surface area (Å²) in [5.41, 5.74) is 1.22. The minimum absolute atomic E-state index is 0.310. The van der Waals surface area contributed by atoms with Crippen molar-refractivity contribution in [2.24, 2.45) is 0 Å². The Bertz CT molecular complexity index is 938. The molecule has 0 spiro atoms. The van der Waals surface area contributed by atoms with Crippen LogP contribution in [-0.2, 0) is 12.6 Å². The molecule has 8 heteroatoms. The van der Waals surface area contributed by atoms with Crippen molar-refractivity contribution in [2.75, 3.05) is 11.4 Å². The van der Waals surface area contributed by atoms with Gasteiger partial charge in [-0.2, -0.15) is 13.2 Å². The maximum Gasteiger partial charge on any atom is 0.416 e. The van der Waals surface area contributed by atoms with E-state index in [0.717, 1.165) is 42.9 Å². The van der Waals surface area contributed by atoms with E-state index in [1.54, 1.807) is 6.92 Å². The molecule has 0 radical (unpaired) electrons. The molecule has 2 saturated heterocycles. The van der Waals surface area contributed by atoms with Crippen LogP contribution < -0.4 is 10.2 Å². The summed E-state index contributed by atoms with van der Waals surface area (Å²) in [6.45, 7) is 2.43. The van der Waals surface area contributed by atoms with E-state index in [-0.39, 0.29) is 0 Å². The number of anilines is 1. The van der Waals surface area contributed by atoms with E-state index in [9.17, 15) is 18.3 Å². The normalized spacial score (nSPS) is 26.1. The second-order valence-corrected chi connectivity index (χ2v) is 8.40. The van der Waals surface area contributed by atoms with Crippen molar-refractivity contribution in [3.63, 3.8) is 0 Å². The lowest BCUT2D eigenvalue weighted by atomic mass is 9.98. The van der Waals surface area contributed by atoms with Gasteiger partial charge in [0.1, 0.15) is 5.75 Å². The fourth-order valence-electron chi connectivity index (χ4n) is 5.23. The zero-order valence-corrected chi connectivity index (χ0v) is 16.1. The molecule has 2 fully saturated rings. The number of hydrogen-bond acceptors (Lipinski definition) is 5. The number of halogens is 3. The molecule has 1 aromatic heterocycles. The maximum absolute atomic E-state index is 13.0. The summed E-state index contributed by atoms with van der Waals surface area (Å²) in [6.07, 6.45) is 1.06. The van der Waals surface area contributed by atoms with Crippen LogP contribution in [0.2, 0.25) is 0 Å². The van der Waals surface area contributed by atoms with Crippen LogP contribution in [0.1, 0.15) is 42.4 Å². The number of fused-ring (bicyclic) bond motifs is 3. The van der Waals surface area contributed by atoms with Crippen molar-refractivity contribution in [1.29, 1.82) is 0 Å². The van der Waals surface area contributed by atoms with Crippen LogP contribution in [0.25, 0.3) is 11.3 Å². The van der Waals surface area contributed by atoms with E-state index >= 15 is 0 Å². The minimum atomic E-state index is -4.50. The summed E-state index contributed by atoms with van der Waals surface area (Å²) in [7, 11) is 0. The molecule has 3 aliphatic rings. The second-order valence-electron chi connectivity index (χ2n) is 8.40. The monoisotopic (exact) mass is 404 g/mol. The first-order chi connectivity index (χ1) is 13.8. The van der Waals surface area contributed by atoms with Gasteiger partial charge in [-0.25, -0.2) is 0 Å². The molecule has 1 aromatic carbocycles. The third-order valence-corrected chi connectivity index (χ3v) is 6.59. The average Bonchev–Trinajstić information content (AvgIpc) is 3.25. The lowest BCUT2D eigenvalue weighted by Gasteiger charge is -2.37. The number of piperidine rings is 1. The van der Waals surface area contributed by atoms with Gasteiger partial charge in [0.25, 0.3) is 0 Å². The van der Waals surface area contributed by atoms with Gasteiger partial charge in [0, 0.05) is 35.8 Å². The smallest absolute Gasteiger partial charge is 0.416 e. The van der Waals surface area contributed by atoms with Crippen LogP contribution in [0.3, 0.4) is 0 Å². The Kier molecular flexibility index (Phi) is 4.24. The standard InChI is InChI=1S/C21H23F3N4O/c1-11-8-13(21(22,23)24)10-18(29)19(11)16-9-12-6-7-28(20(12)27-26-16)17-5-3-14-2-4-15(17)25-14/h8-10,14-15,17,25,29H,2-7H2,1H3/t14-,15+,17+/m1/s1. The van der Waals surface area contributed by atoms with Crippen LogP contribution in [-0.4, -0.2) is 40.0 Å². The predicted molar refractivity (Wildman–Crippen MR) is 103 cm³/mol. The molecule has 4 heterocycles. The molecule has 0 unspecified atom stereocenters. The highest BCUT2D eigenvalue weighted by Crippen LogP contribution is 2.41. The number of aryl methyl sites for hydroxylation is 1. The lowest BCUT2D eigenvalue weighted by Crippen LogP contribution is -2.52. The molecule has 0 saturated carbocycles. The van der Waals surface area contributed by atoms with Gasteiger partial charge in [0.2, 0.25) is 0 Å². The van der Waals surface area contributed by atoms with Crippen LogP contribution in [0.4, 0.5) is 19.0 Å². The summed E-state index contributed by atoms with van der Waals surface area (Å²) in [5, 5.41) is 22.7. The number of alkyl halides is 3. The minimum Gasteiger partial charge on any atom is -0.507 e. The van der Waals surface area contributed by atoms with Crippen molar-refractivity contribution in [3.05, 3.63) is 34.9 Å². The van der Waals surface area contributed by atoms with Crippen molar-refractivity contribution in [2.45, 2.75) is 63.3 Å². The highest BCUT2D eigenvalue weighted by atomic mass is 19.4. The molecule has 5 rings (SSSR count). The third kappa shape index (κ3) is 3.13. The first-order valence-electron chi connectivity index (χ1n) is 10.1. The number of nitrogens with zero attached hydrogens (tertiary/aromatic N) is 3.